The summed E-state index contributed by atoms with van der Waals surface area (Å²) in [6.45, 7) is 2.45. The maximum Gasteiger partial charge on any atom is 0.280 e. The molecule has 32 heavy (non-hydrogen) atoms. The van der Waals surface area contributed by atoms with E-state index in [0.29, 0.717) is 37.4 Å². The van der Waals surface area contributed by atoms with Gasteiger partial charge in [0, 0.05) is 37.4 Å². The van der Waals surface area contributed by atoms with Gasteiger partial charge in [-0.1, -0.05) is 48.5 Å². The quantitative estimate of drug-likeness (QED) is 0.482. The van der Waals surface area contributed by atoms with E-state index >= 15 is 0 Å². The Labute approximate surface area is 183 Å². The third kappa shape index (κ3) is 3.68. The fraction of sp³-hybridized carbons (Fsp3) is 0.208. The first-order chi connectivity index (χ1) is 15.6. The van der Waals surface area contributed by atoms with Crippen LogP contribution in [-0.4, -0.2) is 51.6 Å². The van der Waals surface area contributed by atoms with Crippen LogP contribution in [0.1, 0.15) is 22.5 Å². The minimum Gasteiger partial charge on any atom is -0.368 e. The van der Waals surface area contributed by atoms with E-state index < -0.39 is 6.43 Å². The van der Waals surface area contributed by atoms with E-state index in [1.807, 2.05) is 48.5 Å². The number of carbonyl (C=O) groups excluding carboxylic acids is 1. The van der Waals surface area contributed by atoms with Gasteiger partial charge in [0.1, 0.15) is 11.3 Å². The normalized spacial score (nSPS) is 14.3. The van der Waals surface area contributed by atoms with Gasteiger partial charge in [-0.25, -0.2) is 18.3 Å². The number of rotatable bonds is 4. The highest BCUT2D eigenvalue weighted by atomic mass is 19.3. The molecule has 162 valence electrons. The smallest absolute Gasteiger partial charge is 0.280 e. The summed E-state index contributed by atoms with van der Waals surface area (Å²) in [5, 5.41) is 4.07. The highest BCUT2D eigenvalue weighted by molar-refractivity contribution is 6.00. The number of hydrogen-bond acceptors (Lipinski definition) is 4. The van der Waals surface area contributed by atoms with Gasteiger partial charge in [0.05, 0.1) is 11.9 Å². The van der Waals surface area contributed by atoms with Gasteiger partial charge in [-0.3, -0.25) is 4.79 Å². The number of nitrogens with zero attached hydrogens (tertiary/aromatic N) is 5. The molecule has 0 spiro atoms. The second kappa shape index (κ2) is 8.37. The fourth-order valence-electron chi connectivity index (χ4n) is 4.03. The topological polar surface area (TPSA) is 53.7 Å². The van der Waals surface area contributed by atoms with Gasteiger partial charge in [-0.15, -0.1) is 0 Å². The molecule has 0 atom stereocenters. The zero-order valence-electron chi connectivity index (χ0n) is 17.2. The van der Waals surface area contributed by atoms with Crippen molar-refractivity contribution in [3.63, 3.8) is 0 Å². The Morgan fingerprint density at radius 2 is 1.56 bits per heavy atom. The monoisotopic (exact) mass is 433 g/mol. The molecule has 0 N–H and O–H groups in total. The van der Waals surface area contributed by atoms with Crippen molar-refractivity contribution in [3.05, 3.63) is 84.2 Å². The molecule has 5 rings (SSSR count). The summed E-state index contributed by atoms with van der Waals surface area (Å²) in [5.41, 5.74) is 2.30. The van der Waals surface area contributed by atoms with E-state index in [-0.39, 0.29) is 22.8 Å². The second-order valence-electron chi connectivity index (χ2n) is 7.64. The lowest BCUT2D eigenvalue weighted by Crippen LogP contribution is -2.48. The van der Waals surface area contributed by atoms with Crippen molar-refractivity contribution in [2.45, 2.75) is 6.43 Å². The Bertz CT molecular complexity index is 1240. The van der Waals surface area contributed by atoms with Gasteiger partial charge < -0.3 is 9.80 Å². The van der Waals surface area contributed by atoms with Crippen molar-refractivity contribution in [1.29, 1.82) is 0 Å². The molecule has 0 unspecified atom stereocenters. The molecule has 0 bridgehead atoms. The van der Waals surface area contributed by atoms with Crippen LogP contribution in [0.3, 0.4) is 0 Å². The lowest BCUT2D eigenvalue weighted by Gasteiger charge is -2.36. The molecular weight excluding hydrogens is 412 g/mol. The molecule has 0 aliphatic carbocycles. The van der Waals surface area contributed by atoms with E-state index in [2.05, 4.69) is 15.0 Å². The van der Waals surface area contributed by atoms with Crippen LogP contribution in [0.2, 0.25) is 0 Å². The molecule has 2 aromatic carbocycles. The van der Waals surface area contributed by atoms with Crippen molar-refractivity contribution in [2.75, 3.05) is 31.1 Å². The summed E-state index contributed by atoms with van der Waals surface area (Å²) < 4.78 is 28.6. The van der Waals surface area contributed by atoms with Gasteiger partial charge in [-0.05, 0) is 18.2 Å². The van der Waals surface area contributed by atoms with Gasteiger partial charge >= 0.3 is 0 Å². The zero-order chi connectivity index (χ0) is 22.1. The molecule has 6 nitrogen and oxygen atoms in total. The van der Waals surface area contributed by atoms with Crippen LogP contribution in [0.5, 0.6) is 0 Å². The van der Waals surface area contributed by atoms with E-state index in [1.165, 1.54) is 12.3 Å². The second-order valence-corrected chi connectivity index (χ2v) is 7.64. The van der Waals surface area contributed by atoms with Crippen LogP contribution in [0.25, 0.3) is 16.9 Å². The van der Waals surface area contributed by atoms with E-state index in [1.54, 1.807) is 17.0 Å². The van der Waals surface area contributed by atoms with Crippen molar-refractivity contribution < 1.29 is 13.6 Å². The van der Waals surface area contributed by atoms with Crippen LogP contribution in [-0.2, 0) is 0 Å². The summed E-state index contributed by atoms with van der Waals surface area (Å²) in [4.78, 5) is 21.8. The predicted molar refractivity (Wildman–Crippen MR) is 118 cm³/mol. The van der Waals surface area contributed by atoms with Crippen LogP contribution in [0.4, 0.5) is 14.5 Å². The number of halogens is 2. The van der Waals surface area contributed by atoms with Crippen molar-refractivity contribution in [1.82, 2.24) is 19.5 Å². The maximum absolute atomic E-state index is 13.8. The number of piperazine rings is 1. The standard InChI is InChI=1S/C24H21F2N5O/c25-22(26)21-15-20(17-7-3-1-4-8-17)28-23-19(16-27-31(21)23)24(32)30-13-11-29(12-14-30)18-9-5-2-6-10-18/h1-10,15-16,22H,11-14H2. The molecule has 2 aromatic heterocycles. The lowest BCUT2D eigenvalue weighted by atomic mass is 10.1. The number of carbonyl (C=O) groups is 1. The molecule has 0 saturated carbocycles. The average Bonchev–Trinajstić information content (AvgIpc) is 3.28. The molecule has 4 aromatic rings. The van der Waals surface area contributed by atoms with Crippen molar-refractivity contribution in [2.24, 2.45) is 0 Å². The third-order valence-electron chi connectivity index (χ3n) is 5.71. The molecule has 3 heterocycles. The highest BCUT2D eigenvalue weighted by Gasteiger charge is 2.27. The van der Waals surface area contributed by atoms with E-state index in [4.69, 9.17) is 0 Å². The molecule has 1 aliphatic heterocycles. The Kier molecular flexibility index (Phi) is 5.26. The van der Waals surface area contributed by atoms with Gasteiger partial charge in [-0.2, -0.15) is 5.10 Å². The number of hydrogen-bond donors (Lipinski definition) is 0. The van der Waals surface area contributed by atoms with Crippen LogP contribution >= 0.6 is 0 Å². The predicted octanol–water partition coefficient (Wildman–Crippen LogP) is 4.30. The van der Waals surface area contributed by atoms with Crippen LogP contribution < -0.4 is 4.90 Å². The van der Waals surface area contributed by atoms with Gasteiger partial charge in [0.2, 0.25) is 0 Å². The Hall–Kier alpha value is -3.81. The minimum absolute atomic E-state index is 0.150. The SMILES string of the molecule is O=C(c1cnn2c(C(F)F)cc(-c3ccccc3)nc12)N1CCN(c2ccccc2)CC1. The Morgan fingerprint density at radius 3 is 2.22 bits per heavy atom. The van der Waals surface area contributed by atoms with Gasteiger partial charge in [0.15, 0.2) is 5.65 Å². The lowest BCUT2D eigenvalue weighted by molar-refractivity contribution is 0.0748. The first kappa shape index (κ1) is 20.1. The molecule has 0 radical (unpaired) electrons. The summed E-state index contributed by atoms with van der Waals surface area (Å²) in [5.74, 6) is -0.245. The highest BCUT2D eigenvalue weighted by Crippen LogP contribution is 2.27. The van der Waals surface area contributed by atoms with Crippen LogP contribution in [0.15, 0.2) is 72.9 Å². The Balaban J connectivity index is 1.45. The first-order valence-corrected chi connectivity index (χ1v) is 10.4. The number of alkyl halides is 2. The third-order valence-corrected chi connectivity index (χ3v) is 5.71. The number of benzene rings is 2. The van der Waals surface area contributed by atoms with Crippen molar-refractivity contribution >= 4 is 17.2 Å². The summed E-state index contributed by atoms with van der Waals surface area (Å²) in [7, 11) is 0. The number of amides is 1. The molecule has 1 amide bonds. The fourth-order valence-corrected chi connectivity index (χ4v) is 4.03. The molecule has 1 fully saturated rings. The number of para-hydroxylation sites is 1. The van der Waals surface area contributed by atoms with Crippen LogP contribution in [0, 0.1) is 0 Å². The molecule has 1 aliphatic rings. The minimum atomic E-state index is -2.75. The molecular formula is C24H21F2N5O. The van der Waals surface area contributed by atoms with Gasteiger partial charge in [0.25, 0.3) is 12.3 Å². The van der Waals surface area contributed by atoms with E-state index in [9.17, 15) is 13.6 Å². The average molecular weight is 433 g/mol. The van der Waals surface area contributed by atoms with Crippen molar-refractivity contribution in [3.8, 4) is 11.3 Å². The summed E-state index contributed by atoms with van der Waals surface area (Å²) in [6, 6.07) is 20.4. The number of anilines is 1. The number of fused-ring (bicyclic) bond motifs is 1. The summed E-state index contributed by atoms with van der Waals surface area (Å²) in [6.07, 6.45) is -1.41. The molecule has 8 heteroatoms. The zero-order valence-corrected chi connectivity index (χ0v) is 17.2. The number of aromatic nitrogens is 3. The first-order valence-electron chi connectivity index (χ1n) is 10.4. The Morgan fingerprint density at radius 1 is 0.906 bits per heavy atom. The summed E-state index contributed by atoms with van der Waals surface area (Å²) >= 11 is 0. The maximum atomic E-state index is 13.8. The largest absolute Gasteiger partial charge is 0.368 e. The van der Waals surface area contributed by atoms with E-state index in [0.717, 1.165) is 10.2 Å². The molecule has 1 saturated heterocycles.